The normalized spacial score (nSPS) is 29.8. The van der Waals surface area contributed by atoms with E-state index in [9.17, 15) is 9.59 Å². The number of carboxylic acids is 1. The van der Waals surface area contributed by atoms with Crippen LogP contribution in [0.15, 0.2) is 0 Å². The van der Waals surface area contributed by atoms with Crippen molar-refractivity contribution in [3.63, 3.8) is 0 Å². The highest BCUT2D eigenvalue weighted by molar-refractivity contribution is 5.87. The molecule has 2 aliphatic rings. The summed E-state index contributed by atoms with van der Waals surface area (Å²) < 4.78 is 5.07. The maximum absolute atomic E-state index is 11.7. The van der Waals surface area contributed by atoms with Gasteiger partial charge in [0.05, 0.1) is 6.61 Å². The molecule has 90 valence electrons. The molecular formula is C11H17NO4. The Morgan fingerprint density at radius 2 is 2.19 bits per heavy atom. The smallest absolute Gasteiger partial charge is 0.331 e. The quantitative estimate of drug-likeness (QED) is 0.734. The molecule has 5 heteroatoms. The summed E-state index contributed by atoms with van der Waals surface area (Å²) in [5.41, 5.74) is -1.18. The van der Waals surface area contributed by atoms with Crippen molar-refractivity contribution in [3.8, 4) is 0 Å². The van der Waals surface area contributed by atoms with Crippen LogP contribution in [0.4, 0.5) is 0 Å². The fourth-order valence-electron chi connectivity index (χ4n) is 2.16. The van der Waals surface area contributed by atoms with E-state index in [-0.39, 0.29) is 12.5 Å². The zero-order valence-corrected chi connectivity index (χ0v) is 9.20. The molecule has 0 aromatic heterocycles. The lowest BCUT2D eigenvalue weighted by Crippen LogP contribution is -2.55. The number of carboxylic acid groups (broad SMARTS) is 1. The van der Waals surface area contributed by atoms with E-state index in [0.29, 0.717) is 25.4 Å². The number of carbonyl (C=O) groups is 2. The van der Waals surface area contributed by atoms with E-state index in [1.165, 1.54) is 6.42 Å². The molecule has 16 heavy (non-hydrogen) atoms. The summed E-state index contributed by atoms with van der Waals surface area (Å²) in [4.78, 5) is 22.8. The molecule has 1 aliphatic carbocycles. The third-order valence-electron chi connectivity index (χ3n) is 3.51. The fraction of sp³-hybridized carbons (Fsp3) is 0.818. The molecule has 2 rings (SSSR count). The number of carbonyl (C=O) groups excluding carboxylic acids is 1. The Balaban J connectivity index is 1.89. The maximum atomic E-state index is 11.7. The van der Waals surface area contributed by atoms with Crippen molar-refractivity contribution in [2.45, 2.75) is 37.6 Å². The first-order valence-corrected chi connectivity index (χ1v) is 5.74. The third-order valence-corrected chi connectivity index (χ3v) is 3.51. The second kappa shape index (κ2) is 4.41. The summed E-state index contributed by atoms with van der Waals surface area (Å²) in [5.74, 6) is -0.697. The summed E-state index contributed by atoms with van der Waals surface area (Å²) in [6, 6.07) is 0. The van der Waals surface area contributed by atoms with Gasteiger partial charge >= 0.3 is 5.97 Å². The molecule has 1 heterocycles. The number of amides is 1. The first kappa shape index (κ1) is 11.4. The van der Waals surface area contributed by atoms with Crippen LogP contribution in [0.5, 0.6) is 0 Å². The number of aliphatic carboxylic acids is 1. The summed E-state index contributed by atoms with van der Waals surface area (Å²) in [6.45, 7) is 0.481. The van der Waals surface area contributed by atoms with Crippen molar-refractivity contribution in [2.24, 2.45) is 5.92 Å². The average Bonchev–Trinajstić information content (AvgIpc) is 2.61. The van der Waals surface area contributed by atoms with Crippen LogP contribution in [0.2, 0.25) is 0 Å². The summed E-state index contributed by atoms with van der Waals surface area (Å²) in [5, 5.41) is 11.8. The predicted molar refractivity (Wildman–Crippen MR) is 55.9 cm³/mol. The Hall–Kier alpha value is -1.10. The SMILES string of the molecule is O=C(CC1CCC1)NC1(C(=O)O)CCOC1. The largest absolute Gasteiger partial charge is 0.479 e. The Morgan fingerprint density at radius 1 is 1.44 bits per heavy atom. The lowest BCUT2D eigenvalue weighted by atomic mass is 9.82. The maximum Gasteiger partial charge on any atom is 0.331 e. The summed E-state index contributed by atoms with van der Waals surface area (Å²) in [6.07, 6.45) is 4.17. The van der Waals surface area contributed by atoms with Gasteiger partial charge in [0, 0.05) is 19.4 Å². The minimum absolute atomic E-state index is 0.0821. The van der Waals surface area contributed by atoms with Crippen LogP contribution in [0.3, 0.4) is 0 Å². The standard InChI is InChI=1S/C11H17NO4/c13-9(6-8-2-1-3-8)12-11(10(14)15)4-5-16-7-11/h8H,1-7H2,(H,12,13)(H,14,15). The van der Waals surface area contributed by atoms with E-state index in [1.807, 2.05) is 0 Å². The second-order valence-electron chi connectivity index (χ2n) is 4.74. The number of rotatable bonds is 4. The molecule has 2 fully saturated rings. The lowest BCUT2D eigenvalue weighted by molar-refractivity contribution is -0.147. The van der Waals surface area contributed by atoms with Crippen molar-refractivity contribution in [3.05, 3.63) is 0 Å². The molecule has 0 aromatic rings. The molecule has 1 saturated carbocycles. The van der Waals surface area contributed by atoms with Gasteiger partial charge in [-0.25, -0.2) is 4.79 Å². The van der Waals surface area contributed by atoms with E-state index < -0.39 is 11.5 Å². The summed E-state index contributed by atoms with van der Waals surface area (Å²) in [7, 11) is 0. The summed E-state index contributed by atoms with van der Waals surface area (Å²) >= 11 is 0. The molecule has 1 aliphatic heterocycles. The van der Waals surface area contributed by atoms with Crippen LogP contribution in [-0.2, 0) is 14.3 Å². The molecule has 1 amide bonds. The van der Waals surface area contributed by atoms with Gasteiger partial charge in [-0.15, -0.1) is 0 Å². The van der Waals surface area contributed by atoms with Crippen LogP contribution in [0.1, 0.15) is 32.1 Å². The van der Waals surface area contributed by atoms with Crippen molar-refractivity contribution in [1.82, 2.24) is 5.32 Å². The second-order valence-corrected chi connectivity index (χ2v) is 4.74. The van der Waals surface area contributed by atoms with Crippen LogP contribution in [0.25, 0.3) is 0 Å². The van der Waals surface area contributed by atoms with E-state index in [2.05, 4.69) is 5.32 Å². The molecule has 1 unspecified atom stereocenters. The van der Waals surface area contributed by atoms with Crippen LogP contribution < -0.4 is 5.32 Å². The predicted octanol–water partition coefficient (Wildman–Crippen LogP) is 0.536. The highest BCUT2D eigenvalue weighted by Crippen LogP contribution is 2.29. The molecule has 1 saturated heterocycles. The van der Waals surface area contributed by atoms with Gasteiger partial charge in [0.1, 0.15) is 0 Å². The van der Waals surface area contributed by atoms with Crippen molar-refractivity contribution < 1.29 is 19.4 Å². The first-order valence-electron chi connectivity index (χ1n) is 5.74. The molecular weight excluding hydrogens is 210 g/mol. The molecule has 2 N–H and O–H groups in total. The molecule has 1 atom stereocenters. The number of ether oxygens (including phenoxy) is 1. The van der Waals surface area contributed by atoms with Gasteiger partial charge in [-0.1, -0.05) is 6.42 Å². The Kier molecular flexibility index (Phi) is 3.14. The van der Waals surface area contributed by atoms with E-state index in [4.69, 9.17) is 9.84 Å². The highest BCUT2D eigenvalue weighted by atomic mass is 16.5. The van der Waals surface area contributed by atoms with E-state index in [0.717, 1.165) is 12.8 Å². The van der Waals surface area contributed by atoms with Crippen molar-refractivity contribution >= 4 is 11.9 Å². The minimum atomic E-state index is -1.18. The van der Waals surface area contributed by atoms with Gasteiger partial charge in [0.25, 0.3) is 0 Å². The monoisotopic (exact) mass is 227 g/mol. The topological polar surface area (TPSA) is 75.6 Å². The van der Waals surface area contributed by atoms with Crippen molar-refractivity contribution in [1.29, 1.82) is 0 Å². The fourth-order valence-corrected chi connectivity index (χ4v) is 2.16. The third kappa shape index (κ3) is 2.19. The Bertz CT molecular complexity index is 292. The zero-order valence-electron chi connectivity index (χ0n) is 9.20. The van der Waals surface area contributed by atoms with Crippen molar-refractivity contribution in [2.75, 3.05) is 13.2 Å². The van der Waals surface area contributed by atoms with E-state index >= 15 is 0 Å². The number of hydrogen-bond donors (Lipinski definition) is 2. The van der Waals surface area contributed by atoms with Crippen LogP contribution in [-0.4, -0.2) is 35.7 Å². The number of hydrogen-bond acceptors (Lipinski definition) is 3. The van der Waals surface area contributed by atoms with Gasteiger partial charge in [-0.2, -0.15) is 0 Å². The molecule has 0 radical (unpaired) electrons. The molecule has 0 spiro atoms. The zero-order chi connectivity index (χ0) is 11.6. The highest BCUT2D eigenvalue weighted by Gasteiger charge is 2.44. The molecule has 0 bridgehead atoms. The average molecular weight is 227 g/mol. The molecule has 0 aromatic carbocycles. The van der Waals surface area contributed by atoms with Crippen LogP contribution in [0, 0.1) is 5.92 Å². The lowest BCUT2D eigenvalue weighted by Gasteiger charge is -2.28. The number of nitrogens with one attached hydrogen (secondary N) is 1. The Labute approximate surface area is 94.2 Å². The van der Waals surface area contributed by atoms with Gasteiger partial charge in [0.2, 0.25) is 5.91 Å². The van der Waals surface area contributed by atoms with Gasteiger partial charge in [0.15, 0.2) is 5.54 Å². The van der Waals surface area contributed by atoms with E-state index in [1.54, 1.807) is 0 Å². The Morgan fingerprint density at radius 3 is 2.62 bits per heavy atom. The first-order chi connectivity index (χ1) is 7.62. The van der Waals surface area contributed by atoms with Crippen LogP contribution >= 0.6 is 0 Å². The van der Waals surface area contributed by atoms with Gasteiger partial charge < -0.3 is 15.2 Å². The van der Waals surface area contributed by atoms with Gasteiger partial charge in [-0.05, 0) is 18.8 Å². The van der Waals surface area contributed by atoms with Gasteiger partial charge in [-0.3, -0.25) is 4.79 Å². The molecule has 5 nitrogen and oxygen atoms in total. The minimum Gasteiger partial charge on any atom is -0.479 e.